The standard InChI is InChI=1S/C15H10BrClN2O2/c16-11-6-7-13(12(17)8-11)20-9-14-18-19-15(21-14)10-4-2-1-3-5-10/h1-8H,9H2. The molecule has 0 unspecified atom stereocenters. The van der Waals surface area contributed by atoms with Crippen molar-refractivity contribution in [2.45, 2.75) is 6.61 Å². The maximum atomic E-state index is 6.08. The van der Waals surface area contributed by atoms with Gasteiger partial charge < -0.3 is 9.15 Å². The van der Waals surface area contributed by atoms with Crippen LogP contribution in [0.15, 0.2) is 57.4 Å². The molecule has 6 heteroatoms. The molecule has 0 aliphatic rings. The third kappa shape index (κ3) is 3.43. The van der Waals surface area contributed by atoms with E-state index in [4.69, 9.17) is 20.8 Å². The second-order valence-corrected chi connectivity index (χ2v) is 5.55. The Morgan fingerprint density at radius 2 is 1.90 bits per heavy atom. The second kappa shape index (κ2) is 6.28. The van der Waals surface area contributed by atoms with E-state index >= 15 is 0 Å². The number of rotatable bonds is 4. The Kier molecular flexibility index (Phi) is 4.22. The minimum absolute atomic E-state index is 0.168. The van der Waals surface area contributed by atoms with Crippen molar-refractivity contribution < 1.29 is 9.15 Å². The van der Waals surface area contributed by atoms with Crippen molar-refractivity contribution in [1.29, 1.82) is 0 Å². The molecular formula is C15H10BrClN2O2. The summed E-state index contributed by atoms with van der Waals surface area (Å²) >= 11 is 9.42. The molecule has 0 aliphatic heterocycles. The molecule has 1 heterocycles. The first-order valence-electron chi connectivity index (χ1n) is 6.18. The lowest BCUT2D eigenvalue weighted by Gasteiger charge is -2.05. The van der Waals surface area contributed by atoms with Crippen LogP contribution in [0.1, 0.15) is 5.89 Å². The molecule has 1 aromatic heterocycles. The molecule has 21 heavy (non-hydrogen) atoms. The molecule has 0 fully saturated rings. The van der Waals surface area contributed by atoms with E-state index in [-0.39, 0.29) is 6.61 Å². The van der Waals surface area contributed by atoms with Gasteiger partial charge in [0.1, 0.15) is 5.75 Å². The van der Waals surface area contributed by atoms with E-state index in [0.717, 1.165) is 10.0 Å². The normalized spacial score (nSPS) is 10.6. The lowest BCUT2D eigenvalue weighted by atomic mass is 10.2. The molecule has 0 amide bonds. The van der Waals surface area contributed by atoms with Gasteiger partial charge in [-0.2, -0.15) is 0 Å². The first kappa shape index (κ1) is 14.1. The number of hydrogen-bond acceptors (Lipinski definition) is 4. The molecule has 4 nitrogen and oxygen atoms in total. The van der Waals surface area contributed by atoms with Gasteiger partial charge in [-0.05, 0) is 30.3 Å². The summed E-state index contributed by atoms with van der Waals surface area (Å²) in [5, 5.41) is 8.48. The largest absolute Gasteiger partial charge is 0.482 e. The third-order valence-corrected chi connectivity index (χ3v) is 3.52. The highest BCUT2D eigenvalue weighted by Crippen LogP contribution is 2.28. The topological polar surface area (TPSA) is 48.2 Å². The first-order chi connectivity index (χ1) is 10.2. The summed E-state index contributed by atoms with van der Waals surface area (Å²) in [7, 11) is 0. The molecule has 0 aliphatic carbocycles. The van der Waals surface area contributed by atoms with Crippen molar-refractivity contribution in [2.75, 3.05) is 0 Å². The fourth-order valence-corrected chi connectivity index (χ4v) is 2.47. The smallest absolute Gasteiger partial charge is 0.254 e. The molecule has 0 saturated carbocycles. The van der Waals surface area contributed by atoms with Gasteiger partial charge in [0.25, 0.3) is 5.89 Å². The van der Waals surface area contributed by atoms with Crippen molar-refractivity contribution in [1.82, 2.24) is 10.2 Å². The fourth-order valence-electron chi connectivity index (χ4n) is 1.74. The molecule has 0 N–H and O–H groups in total. The zero-order chi connectivity index (χ0) is 14.7. The summed E-state index contributed by atoms with van der Waals surface area (Å²) < 4.78 is 12.0. The summed E-state index contributed by atoms with van der Waals surface area (Å²) in [5.41, 5.74) is 0.873. The van der Waals surface area contributed by atoms with Crippen LogP contribution in [0.5, 0.6) is 5.75 Å². The molecule has 2 aromatic carbocycles. The van der Waals surface area contributed by atoms with E-state index < -0.39 is 0 Å². The minimum atomic E-state index is 0.168. The van der Waals surface area contributed by atoms with Gasteiger partial charge in [-0.1, -0.05) is 45.7 Å². The zero-order valence-corrected chi connectivity index (χ0v) is 13.1. The van der Waals surface area contributed by atoms with Crippen LogP contribution in [0.25, 0.3) is 11.5 Å². The Hall–Kier alpha value is -1.85. The second-order valence-electron chi connectivity index (χ2n) is 4.23. The molecular weight excluding hydrogens is 356 g/mol. The van der Waals surface area contributed by atoms with Crippen LogP contribution in [-0.2, 0) is 6.61 Å². The van der Waals surface area contributed by atoms with Crippen LogP contribution >= 0.6 is 27.5 Å². The lowest BCUT2D eigenvalue weighted by Crippen LogP contribution is -1.96. The van der Waals surface area contributed by atoms with E-state index in [1.54, 1.807) is 12.1 Å². The van der Waals surface area contributed by atoms with Gasteiger partial charge in [0, 0.05) is 10.0 Å². The Morgan fingerprint density at radius 3 is 2.67 bits per heavy atom. The number of benzene rings is 2. The molecule has 3 aromatic rings. The van der Waals surface area contributed by atoms with Crippen LogP contribution in [0.4, 0.5) is 0 Å². The zero-order valence-electron chi connectivity index (χ0n) is 10.8. The van der Waals surface area contributed by atoms with Gasteiger partial charge in [0.05, 0.1) is 5.02 Å². The molecule has 0 atom stereocenters. The summed E-state index contributed by atoms with van der Waals surface area (Å²) in [6.07, 6.45) is 0. The van der Waals surface area contributed by atoms with E-state index in [1.165, 1.54) is 0 Å². The van der Waals surface area contributed by atoms with Gasteiger partial charge >= 0.3 is 0 Å². The average Bonchev–Trinajstić information content (AvgIpc) is 2.96. The van der Waals surface area contributed by atoms with E-state index in [1.807, 2.05) is 36.4 Å². The van der Waals surface area contributed by atoms with Crippen LogP contribution in [0.2, 0.25) is 5.02 Å². The monoisotopic (exact) mass is 364 g/mol. The predicted octanol–water partition coefficient (Wildman–Crippen LogP) is 4.73. The van der Waals surface area contributed by atoms with Crippen molar-refractivity contribution in [2.24, 2.45) is 0 Å². The lowest BCUT2D eigenvalue weighted by molar-refractivity contribution is 0.264. The highest BCUT2D eigenvalue weighted by molar-refractivity contribution is 9.10. The molecule has 0 saturated heterocycles. The summed E-state index contributed by atoms with van der Waals surface area (Å²) in [4.78, 5) is 0. The highest BCUT2D eigenvalue weighted by atomic mass is 79.9. The highest BCUT2D eigenvalue weighted by Gasteiger charge is 2.09. The number of halogens is 2. The van der Waals surface area contributed by atoms with Gasteiger partial charge in [-0.3, -0.25) is 0 Å². The maximum Gasteiger partial charge on any atom is 0.254 e. The Labute approximate surface area is 134 Å². The fraction of sp³-hybridized carbons (Fsp3) is 0.0667. The number of nitrogens with zero attached hydrogens (tertiary/aromatic N) is 2. The van der Waals surface area contributed by atoms with Crippen molar-refractivity contribution in [3.05, 3.63) is 63.9 Å². The quantitative estimate of drug-likeness (QED) is 0.670. The van der Waals surface area contributed by atoms with Crippen LogP contribution in [-0.4, -0.2) is 10.2 Å². The van der Waals surface area contributed by atoms with Gasteiger partial charge in [-0.25, -0.2) is 0 Å². The van der Waals surface area contributed by atoms with Gasteiger partial charge in [0.2, 0.25) is 5.89 Å². The summed E-state index contributed by atoms with van der Waals surface area (Å²) in [5.74, 6) is 1.43. The van der Waals surface area contributed by atoms with E-state index in [2.05, 4.69) is 26.1 Å². The van der Waals surface area contributed by atoms with Crippen LogP contribution < -0.4 is 4.74 Å². The number of hydrogen-bond donors (Lipinski definition) is 0. The van der Waals surface area contributed by atoms with E-state index in [0.29, 0.717) is 22.6 Å². The summed E-state index contributed by atoms with van der Waals surface area (Å²) in [6.45, 7) is 0.168. The Bertz CT molecular complexity index is 746. The molecule has 0 radical (unpaired) electrons. The van der Waals surface area contributed by atoms with Crippen molar-refractivity contribution in [3.63, 3.8) is 0 Å². The van der Waals surface area contributed by atoms with Crippen LogP contribution in [0, 0.1) is 0 Å². The number of ether oxygens (including phenoxy) is 1. The van der Waals surface area contributed by atoms with Crippen molar-refractivity contribution in [3.8, 4) is 17.2 Å². The maximum absolute atomic E-state index is 6.08. The number of aromatic nitrogens is 2. The average molecular weight is 366 g/mol. The van der Waals surface area contributed by atoms with Crippen molar-refractivity contribution >= 4 is 27.5 Å². The van der Waals surface area contributed by atoms with Gasteiger partial charge in [-0.15, -0.1) is 10.2 Å². The first-order valence-corrected chi connectivity index (χ1v) is 7.35. The molecule has 0 bridgehead atoms. The molecule has 0 spiro atoms. The predicted molar refractivity (Wildman–Crippen MR) is 83.2 cm³/mol. The van der Waals surface area contributed by atoms with Crippen LogP contribution in [0.3, 0.4) is 0 Å². The summed E-state index contributed by atoms with van der Waals surface area (Å²) in [6, 6.07) is 15.0. The Morgan fingerprint density at radius 1 is 1.10 bits per heavy atom. The minimum Gasteiger partial charge on any atom is -0.482 e. The molecule has 3 rings (SSSR count). The SMILES string of the molecule is Clc1cc(Br)ccc1OCc1nnc(-c2ccccc2)o1. The third-order valence-electron chi connectivity index (χ3n) is 2.73. The molecule has 106 valence electrons. The van der Waals surface area contributed by atoms with E-state index in [9.17, 15) is 0 Å². The van der Waals surface area contributed by atoms with Gasteiger partial charge in [0.15, 0.2) is 6.61 Å². The Balaban J connectivity index is 1.70.